The Bertz CT molecular complexity index is 409. The molecule has 0 bridgehead atoms. The van der Waals surface area contributed by atoms with E-state index in [9.17, 15) is 0 Å². The molecule has 1 heterocycles. The van der Waals surface area contributed by atoms with Gasteiger partial charge in [-0.15, -0.1) is 0 Å². The molecule has 0 aliphatic carbocycles. The van der Waals surface area contributed by atoms with Gasteiger partial charge in [-0.2, -0.15) is 0 Å². The molecular formula is C16H26N2O. The number of hydrogen-bond donors (Lipinski definition) is 1. The average Bonchev–Trinajstić information content (AvgIpc) is 2.37. The fraction of sp³-hybridized carbons (Fsp3) is 0.625. The molecule has 2 N–H and O–H groups in total. The van der Waals surface area contributed by atoms with Crippen LogP contribution in [0.5, 0.6) is 0 Å². The zero-order chi connectivity index (χ0) is 14.0. The number of ether oxygens (including phenoxy) is 1. The van der Waals surface area contributed by atoms with Gasteiger partial charge in [-0.05, 0) is 44.0 Å². The van der Waals surface area contributed by atoms with Crippen molar-refractivity contribution >= 4 is 0 Å². The Balaban J connectivity index is 2.46. The minimum absolute atomic E-state index is 0.105. The van der Waals surface area contributed by atoms with Crippen LogP contribution in [-0.2, 0) is 4.74 Å². The Morgan fingerprint density at radius 3 is 2.42 bits per heavy atom. The molecule has 1 saturated heterocycles. The number of aryl methyl sites for hydroxylation is 3. The molecule has 0 spiro atoms. The van der Waals surface area contributed by atoms with Crippen molar-refractivity contribution in [3.8, 4) is 0 Å². The van der Waals surface area contributed by atoms with Crippen molar-refractivity contribution in [1.29, 1.82) is 0 Å². The van der Waals surface area contributed by atoms with Crippen LogP contribution in [-0.4, -0.2) is 37.2 Å². The van der Waals surface area contributed by atoms with Crippen LogP contribution >= 0.6 is 0 Å². The zero-order valence-corrected chi connectivity index (χ0v) is 12.6. The molecule has 1 fully saturated rings. The third-order valence-electron chi connectivity index (χ3n) is 4.13. The number of nitrogens with zero attached hydrogens (tertiary/aromatic N) is 1. The second-order valence-corrected chi connectivity index (χ2v) is 5.53. The van der Waals surface area contributed by atoms with Gasteiger partial charge in [0.25, 0.3) is 0 Å². The normalized spacial score (nSPS) is 24.7. The Morgan fingerprint density at radius 1 is 1.26 bits per heavy atom. The summed E-state index contributed by atoms with van der Waals surface area (Å²) in [5.74, 6) is 0. The van der Waals surface area contributed by atoms with Gasteiger partial charge in [-0.3, -0.25) is 4.90 Å². The third kappa shape index (κ3) is 2.83. The van der Waals surface area contributed by atoms with Crippen LogP contribution in [0, 0.1) is 20.8 Å². The molecule has 1 aliphatic heterocycles. The Hall–Kier alpha value is -0.900. The first-order valence-corrected chi connectivity index (χ1v) is 7.22. The molecule has 1 aliphatic rings. The summed E-state index contributed by atoms with van der Waals surface area (Å²) in [6.07, 6.45) is 0.105. The van der Waals surface area contributed by atoms with Gasteiger partial charge in [0.15, 0.2) is 0 Å². The zero-order valence-electron chi connectivity index (χ0n) is 12.6. The molecule has 1 aromatic rings. The number of benzene rings is 1. The van der Waals surface area contributed by atoms with Crippen molar-refractivity contribution in [3.05, 3.63) is 34.4 Å². The van der Waals surface area contributed by atoms with Crippen LogP contribution in [0.1, 0.15) is 35.2 Å². The Labute approximate surface area is 116 Å². The molecule has 3 nitrogen and oxygen atoms in total. The predicted molar refractivity (Wildman–Crippen MR) is 79.4 cm³/mol. The number of morpholine rings is 1. The summed E-state index contributed by atoms with van der Waals surface area (Å²) in [5, 5.41) is 0. The van der Waals surface area contributed by atoms with E-state index >= 15 is 0 Å². The number of nitrogens with two attached hydrogens (primary N) is 1. The van der Waals surface area contributed by atoms with E-state index < -0.39 is 0 Å². The average molecular weight is 262 g/mol. The lowest BCUT2D eigenvalue weighted by Gasteiger charge is -2.42. The van der Waals surface area contributed by atoms with Gasteiger partial charge >= 0.3 is 0 Å². The summed E-state index contributed by atoms with van der Waals surface area (Å²) in [7, 11) is 0. The summed E-state index contributed by atoms with van der Waals surface area (Å²) in [5.41, 5.74) is 11.4. The molecule has 2 unspecified atom stereocenters. The summed E-state index contributed by atoms with van der Waals surface area (Å²) < 4.78 is 5.90. The van der Waals surface area contributed by atoms with Crippen LogP contribution in [0.15, 0.2) is 12.1 Å². The highest BCUT2D eigenvalue weighted by atomic mass is 16.5. The smallest absolute Gasteiger partial charge is 0.0894 e. The molecule has 19 heavy (non-hydrogen) atoms. The highest BCUT2D eigenvalue weighted by Crippen LogP contribution is 2.33. The van der Waals surface area contributed by atoms with E-state index in [1.54, 1.807) is 0 Å². The monoisotopic (exact) mass is 262 g/mol. The number of hydrogen-bond acceptors (Lipinski definition) is 3. The standard InChI is InChI=1S/C16H26N2O/c1-5-18-6-7-19-14(10-17)16(18)15-12(3)8-11(2)9-13(15)4/h8-9,14,16H,5-7,10,17H2,1-4H3. The van der Waals surface area contributed by atoms with E-state index in [-0.39, 0.29) is 6.10 Å². The fourth-order valence-corrected chi connectivity index (χ4v) is 3.36. The first-order chi connectivity index (χ1) is 9.08. The van der Waals surface area contributed by atoms with Gasteiger partial charge < -0.3 is 10.5 Å². The SMILES string of the molecule is CCN1CCOC(CN)C1c1c(C)cc(C)cc1C. The van der Waals surface area contributed by atoms with Crippen LogP contribution in [0.4, 0.5) is 0 Å². The van der Waals surface area contributed by atoms with Gasteiger partial charge in [0.05, 0.1) is 18.8 Å². The highest BCUT2D eigenvalue weighted by molar-refractivity contribution is 5.40. The highest BCUT2D eigenvalue weighted by Gasteiger charge is 2.33. The second-order valence-electron chi connectivity index (χ2n) is 5.53. The van der Waals surface area contributed by atoms with Gasteiger partial charge in [-0.25, -0.2) is 0 Å². The molecule has 106 valence electrons. The molecule has 0 radical (unpaired) electrons. The van der Waals surface area contributed by atoms with Crippen LogP contribution < -0.4 is 5.73 Å². The molecule has 0 aromatic heterocycles. The Morgan fingerprint density at radius 2 is 1.89 bits per heavy atom. The van der Waals surface area contributed by atoms with E-state index in [2.05, 4.69) is 44.7 Å². The lowest BCUT2D eigenvalue weighted by atomic mass is 9.89. The van der Waals surface area contributed by atoms with E-state index in [0.717, 1.165) is 19.7 Å². The Kier molecular flexibility index (Phi) is 4.61. The topological polar surface area (TPSA) is 38.5 Å². The molecular weight excluding hydrogens is 236 g/mol. The van der Waals surface area contributed by atoms with Crippen molar-refractivity contribution in [2.24, 2.45) is 5.73 Å². The number of likely N-dealkylation sites (N-methyl/N-ethyl adjacent to an activating group) is 1. The minimum atomic E-state index is 0.105. The van der Waals surface area contributed by atoms with E-state index in [1.165, 1.54) is 22.3 Å². The second kappa shape index (κ2) is 6.04. The van der Waals surface area contributed by atoms with Crippen molar-refractivity contribution in [2.75, 3.05) is 26.2 Å². The predicted octanol–water partition coefficient (Wildman–Crippen LogP) is 2.33. The van der Waals surface area contributed by atoms with Crippen molar-refractivity contribution < 1.29 is 4.74 Å². The molecule has 0 amide bonds. The van der Waals surface area contributed by atoms with Crippen molar-refractivity contribution in [1.82, 2.24) is 4.90 Å². The van der Waals surface area contributed by atoms with Gasteiger partial charge in [0, 0.05) is 13.1 Å². The summed E-state index contributed by atoms with van der Waals surface area (Å²) in [6, 6.07) is 4.82. The minimum Gasteiger partial charge on any atom is -0.374 e. The van der Waals surface area contributed by atoms with Gasteiger partial charge in [-0.1, -0.05) is 24.6 Å². The van der Waals surface area contributed by atoms with Crippen LogP contribution in [0.25, 0.3) is 0 Å². The molecule has 0 saturated carbocycles. The third-order valence-corrected chi connectivity index (χ3v) is 4.13. The first-order valence-electron chi connectivity index (χ1n) is 7.22. The lowest BCUT2D eigenvalue weighted by Crippen LogP contribution is -2.48. The van der Waals surface area contributed by atoms with Gasteiger partial charge in [0.2, 0.25) is 0 Å². The molecule has 2 rings (SSSR count). The van der Waals surface area contributed by atoms with E-state index in [0.29, 0.717) is 12.6 Å². The molecule has 1 aromatic carbocycles. The van der Waals surface area contributed by atoms with Crippen LogP contribution in [0.2, 0.25) is 0 Å². The first kappa shape index (κ1) is 14.5. The fourth-order valence-electron chi connectivity index (χ4n) is 3.36. The van der Waals surface area contributed by atoms with E-state index in [4.69, 9.17) is 10.5 Å². The van der Waals surface area contributed by atoms with Crippen molar-refractivity contribution in [3.63, 3.8) is 0 Å². The quantitative estimate of drug-likeness (QED) is 0.908. The maximum absolute atomic E-state index is 5.93. The van der Waals surface area contributed by atoms with Gasteiger partial charge in [0.1, 0.15) is 0 Å². The number of rotatable bonds is 3. The molecule has 3 heteroatoms. The van der Waals surface area contributed by atoms with E-state index in [1.807, 2.05) is 0 Å². The van der Waals surface area contributed by atoms with Crippen molar-refractivity contribution in [2.45, 2.75) is 39.8 Å². The van der Waals surface area contributed by atoms with Crippen LogP contribution in [0.3, 0.4) is 0 Å². The summed E-state index contributed by atoms with van der Waals surface area (Å²) in [6.45, 7) is 12.2. The summed E-state index contributed by atoms with van der Waals surface area (Å²) in [4.78, 5) is 2.49. The maximum Gasteiger partial charge on any atom is 0.0894 e. The maximum atomic E-state index is 5.93. The lowest BCUT2D eigenvalue weighted by molar-refractivity contribution is -0.0662. The summed E-state index contributed by atoms with van der Waals surface area (Å²) >= 11 is 0. The largest absolute Gasteiger partial charge is 0.374 e. The molecule has 2 atom stereocenters.